The van der Waals surface area contributed by atoms with Crippen LogP contribution < -0.4 is 14.8 Å². The third kappa shape index (κ3) is 8.10. The Labute approximate surface area is 238 Å². The summed E-state index contributed by atoms with van der Waals surface area (Å²) in [5.41, 5.74) is 5.74. The summed E-state index contributed by atoms with van der Waals surface area (Å²) < 4.78 is 14.1. The molecule has 1 heterocycles. The second kappa shape index (κ2) is 13.5. The zero-order chi connectivity index (χ0) is 28.5. The molecule has 0 unspecified atom stereocenters. The van der Waals surface area contributed by atoms with Gasteiger partial charge in [0, 0.05) is 13.0 Å². The minimum Gasteiger partial charge on any atom is -0.492 e. The van der Waals surface area contributed by atoms with Gasteiger partial charge in [-0.05, 0) is 79.1 Å². The molecule has 0 atom stereocenters. The normalized spacial score (nSPS) is 11.5. The lowest BCUT2D eigenvalue weighted by atomic mass is 9.87. The average Bonchev–Trinajstić information content (AvgIpc) is 3.28. The molecular formula is C34H43N3O3. The third-order valence-electron chi connectivity index (χ3n) is 7.14. The Balaban J connectivity index is 1.21. The lowest BCUT2D eigenvalue weighted by molar-refractivity contribution is -0.123. The quantitative estimate of drug-likeness (QED) is 0.186. The summed E-state index contributed by atoms with van der Waals surface area (Å²) in [6, 6.07) is 22.7. The van der Waals surface area contributed by atoms with Gasteiger partial charge in [0.25, 0.3) is 5.91 Å². The molecule has 40 heavy (non-hydrogen) atoms. The van der Waals surface area contributed by atoms with Gasteiger partial charge in [-0.15, -0.1) is 0 Å². The summed E-state index contributed by atoms with van der Waals surface area (Å²) in [7, 11) is 0. The summed E-state index contributed by atoms with van der Waals surface area (Å²) in [4.78, 5) is 17.1. The smallest absolute Gasteiger partial charge is 0.257 e. The highest BCUT2D eigenvalue weighted by Crippen LogP contribution is 2.25. The second-order valence-corrected chi connectivity index (χ2v) is 11.5. The molecule has 1 amide bonds. The minimum atomic E-state index is -0.0873. The maximum absolute atomic E-state index is 12.2. The van der Waals surface area contributed by atoms with Gasteiger partial charge in [0.2, 0.25) is 0 Å². The molecule has 0 radical (unpaired) electrons. The van der Waals surface area contributed by atoms with Gasteiger partial charge in [-0.2, -0.15) is 0 Å². The first kappa shape index (κ1) is 29.2. The Morgan fingerprint density at radius 2 is 1.70 bits per heavy atom. The van der Waals surface area contributed by atoms with Crippen molar-refractivity contribution in [2.45, 2.75) is 72.3 Å². The fourth-order valence-electron chi connectivity index (χ4n) is 4.74. The van der Waals surface area contributed by atoms with E-state index in [1.807, 2.05) is 38.1 Å². The number of unbranched alkanes of at least 4 members (excludes halogenated alkanes) is 2. The number of para-hydroxylation sites is 2. The summed E-state index contributed by atoms with van der Waals surface area (Å²) in [6.07, 6.45) is 3.83. The van der Waals surface area contributed by atoms with Crippen LogP contribution in [0, 0.1) is 13.8 Å². The number of imidazole rings is 1. The van der Waals surface area contributed by atoms with Crippen molar-refractivity contribution >= 4 is 16.9 Å². The molecule has 212 valence electrons. The van der Waals surface area contributed by atoms with Crippen molar-refractivity contribution in [3.8, 4) is 11.5 Å². The average molecular weight is 542 g/mol. The number of rotatable bonds is 13. The van der Waals surface area contributed by atoms with Crippen molar-refractivity contribution in [3.63, 3.8) is 0 Å². The molecule has 0 saturated carbocycles. The van der Waals surface area contributed by atoms with E-state index in [1.165, 1.54) is 5.56 Å². The van der Waals surface area contributed by atoms with Crippen LogP contribution in [0.5, 0.6) is 11.5 Å². The van der Waals surface area contributed by atoms with Gasteiger partial charge in [0.05, 0.1) is 17.6 Å². The largest absolute Gasteiger partial charge is 0.492 e. The summed E-state index contributed by atoms with van der Waals surface area (Å²) in [6.45, 7) is 12.7. The van der Waals surface area contributed by atoms with Gasteiger partial charge in [-0.1, -0.05) is 63.6 Å². The minimum absolute atomic E-state index is 0.0388. The Kier molecular flexibility index (Phi) is 9.86. The van der Waals surface area contributed by atoms with Crippen LogP contribution in [-0.4, -0.2) is 35.2 Å². The van der Waals surface area contributed by atoms with Crippen molar-refractivity contribution in [1.82, 2.24) is 14.9 Å². The second-order valence-electron chi connectivity index (χ2n) is 11.5. The zero-order valence-electron chi connectivity index (χ0n) is 24.6. The molecule has 1 aromatic heterocycles. The van der Waals surface area contributed by atoms with Crippen LogP contribution in [0.1, 0.15) is 62.5 Å². The number of nitrogens with zero attached hydrogens (tertiary/aromatic N) is 2. The number of hydrogen-bond donors (Lipinski definition) is 1. The number of amides is 1. The number of aryl methyl sites for hydroxylation is 3. The van der Waals surface area contributed by atoms with Crippen molar-refractivity contribution < 1.29 is 14.3 Å². The van der Waals surface area contributed by atoms with E-state index >= 15 is 0 Å². The molecule has 6 heteroatoms. The summed E-state index contributed by atoms with van der Waals surface area (Å²) in [5.74, 6) is 2.65. The van der Waals surface area contributed by atoms with E-state index in [1.54, 1.807) is 0 Å². The molecule has 4 aromatic rings. The molecule has 6 nitrogen and oxygen atoms in total. The van der Waals surface area contributed by atoms with Crippen LogP contribution in [-0.2, 0) is 23.2 Å². The number of benzene rings is 3. The monoisotopic (exact) mass is 541 g/mol. The molecule has 1 N–H and O–H groups in total. The van der Waals surface area contributed by atoms with Gasteiger partial charge in [-0.25, -0.2) is 4.98 Å². The van der Waals surface area contributed by atoms with Crippen LogP contribution in [0.25, 0.3) is 11.0 Å². The highest BCUT2D eigenvalue weighted by Gasteiger charge is 2.14. The Morgan fingerprint density at radius 1 is 0.925 bits per heavy atom. The highest BCUT2D eigenvalue weighted by atomic mass is 16.5. The van der Waals surface area contributed by atoms with Gasteiger partial charge in [0.1, 0.15) is 23.9 Å². The van der Waals surface area contributed by atoms with Crippen LogP contribution in [0.15, 0.2) is 66.7 Å². The van der Waals surface area contributed by atoms with Crippen molar-refractivity contribution in [1.29, 1.82) is 0 Å². The fourth-order valence-corrected chi connectivity index (χ4v) is 4.74. The predicted octanol–water partition coefficient (Wildman–Crippen LogP) is 6.94. The highest BCUT2D eigenvalue weighted by molar-refractivity contribution is 5.77. The maximum atomic E-state index is 12.2. The molecule has 3 aromatic carbocycles. The van der Waals surface area contributed by atoms with E-state index in [2.05, 4.69) is 73.1 Å². The molecule has 0 bridgehead atoms. The number of fused-ring (bicyclic) bond motifs is 1. The van der Waals surface area contributed by atoms with E-state index in [0.717, 1.165) is 71.7 Å². The third-order valence-corrected chi connectivity index (χ3v) is 7.14. The molecule has 0 fully saturated rings. The van der Waals surface area contributed by atoms with Crippen molar-refractivity contribution in [2.75, 3.05) is 19.8 Å². The maximum Gasteiger partial charge on any atom is 0.257 e. The fraction of sp³-hybridized carbons (Fsp3) is 0.412. The van der Waals surface area contributed by atoms with Crippen molar-refractivity contribution in [2.24, 2.45) is 0 Å². The molecule has 4 rings (SSSR count). The molecule has 0 saturated heterocycles. The first-order chi connectivity index (χ1) is 19.2. The number of aromatic nitrogens is 2. The lowest BCUT2D eigenvalue weighted by Crippen LogP contribution is -2.29. The number of nitrogens with one attached hydrogen (secondary N) is 1. The SMILES string of the molecule is Cc1ccc(C)c(OCC(=O)NCCCCCc2nc3ccccc3n2CCOc2ccc(C(C)(C)C)cc2)c1. The Bertz CT molecular complexity index is 1400. The molecule has 0 aliphatic rings. The molecule has 0 spiro atoms. The number of carbonyl (C=O) groups is 1. The van der Waals surface area contributed by atoms with E-state index in [4.69, 9.17) is 14.5 Å². The van der Waals surface area contributed by atoms with Crippen molar-refractivity contribution in [3.05, 3.63) is 89.2 Å². The first-order valence-corrected chi connectivity index (χ1v) is 14.3. The van der Waals surface area contributed by atoms with Crippen LogP contribution in [0.2, 0.25) is 0 Å². The van der Waals surface area contributed by atoms with Crippen LogP contribution in [0.3, 0.4) is 0 Å². The van der Waals surface area contributed by atoms with Gasteiger partial charge >= 0.3 is 0 Å². The van der Waals surface area contributed by atoms with Gasteiger partial charge in [-0.3, -0.25) is 4.79 Å². The Morgan fingerprint density at radius 3 is 2.48 bits per heavy atom. The van der Waals surface area contributed by atoms with E-state index < -0.39 is 0 Å². The van der Waals surface area contributed by atoms with E-state index in [-0.39, 0.29) is 17.9 Å². The van der Waals surface area contributed by atoms with Gasteiger partial charge in [0.15, 0.2) is 6.61 Å². The molecule has 0 aliphatic carbocycles. The topological polar surface area (TPSA) is 65.4 Å². The lowest BCUT2D eigenvalue weighted by Gasteiger charge is -2.19. The molecular weight excluding hydrogens is 498 g/mol. The first-order valence-electron chi connectivity index (χ1n) is 14.3. The number of ether oxygens (including phenoxy) is 2. The predicted molar refractivity (Wildman–Crippen MR) is 162 cm³/mol. The van der Waals surface area contributed by atoms with Gasteiger partial charge < -0.3 is 19.4 Å². The summed E-state index contributed by atoms with van der Waals surface area (Å²) >= 11 is 0. The standard InChI is InChI=1S/C34H43N3O3/c1-25-14-15-26(2)31(23-25)40-24-33(38)35-20-10-6-7-13-32-36-29-11-8-9-12-30(29)37(32)21-22-39-28-18-16-27(17-19-28)34(3,4)5/h8-9,11-12,14-19,23H,6-7,10,13,20-22,24H2,1-5H3,(H,35,38). The Hall–Kier alpha value is -3.80. The summed E-state index contributed by atoms with van der Waals surface area (Å²) in [5, 5.41) is 2.97. The van der Waals surface area contributed by atoms with E-state index in [0.29, 0.717) is 13.2 Å². The zero-order valence-corrected chi connectivity index (χ0v) is 24.6. The van der Waals surface area contributed by atoms with E-state index in [9.17, 15) is 4.79 Å². The number of carbonyl (C=O) groups excluding carboxylic acids is 1. The van der Waals surface area contributed by atoms with Crippen LogP contribution >= 0.6 is 0 Å². The molecule has 0 aliphatic heterocycles. The number of hydrogen-bond acceptors (Lipinski definition) is 4. The van der Waals surface area contributed by atoms with Crippen LogP contribution in [0.4, 0.5) is 0 Å².